The molecule has 0 fully saturated rings. The van der Waals surface area contributed by atoms with Crippen LogP contribution in [0.25, 0.3) is 0 Å². The minimum absolute atomic E-state index is 0.0207. The van der Waals surface area contributed by atoms with Gasteiger partial charge in [-0.25, -0.2) is 0 Å². The average molecular weight is 810 g/mol. The van der Waals surface area contributed by atoms with Crippen LogP contribution in [-0.4, -0.2) is 70.7 Å². The van der Waals surface area contributed by atoms with E-state index in [4.69, 9.17) is 18.5 Å². The Balaban J connectivity index is 4.25. The summed E-state index contributed by atoms with van der Waals surface area (Å²) in [6, 6.07) is 0. The molecule has 0 saturated carbocycles. The van der Waals surface area contributed by atoms with Crippen LogP contribution in [0.3, 0.4) is 0 Å². The van der Waals surface area contributed by atoms with Crippen molar-refractivity contribution in [3.8, 4) is 0 Å². The molecule has 0 N–H and O–H groups in total. The molecule has 0 bridgehead atoms. The molecule has 0 aromatic carbocycles. The number of nitrogens with zero attached hydrogens (tertiary/aromatic N) is 1. The summed E-state index contributed by atoms with van der Waals surface area (Å²) in [4.78, 5) is 25.1. The number of carbonyl (C=O) groups excluding carboxylic acids is 1. The Labute approximate surface area is 346 Å². The zero-order valence-corrected chi connectivity index (χ0v) is 38.0. The molecule has 0 radical (unpaired) electrons. The van der Waals surface area contributed by atoms with Crippen LogP contribution in [0, 0.1) is 0 Å². The predicted octanol–water partition coefficient (Wildman–Crippen LogP) is 12.9. The number of esters is 1. The first kappa shape index (κ1) is 54.5. The van der Waals surface area contributed by atoms with Gasteiger partial charge in [0.25, 0.3) is 7.82 Å². The molecule has 0 rings (SSSR count). The van der Waals surface area contributed by atoms with Crippen molar-refractivity contribution in [2.75, 3.05) is 54.1 Å². The largest absolute Gasteiger partial charge is 0.756 e. The molecule has 0 aliphatic carbocycles. The smallest absolute Gasteiger partial charge is 0.306 e. The lowest BCUT2D eigenvalue weighted by atomic mass is 10.1. The molecule has 0 amide bonds. The Hall–Kier alpha value is -1.54. The lowest BCUT2D eigenvalue weighted by Gasteiger charge is -2.28. The fourth-order valence-electron chi connectivity index (χ4n) is 6.02. The standard InChI is InChI=1S/C47H88NO7P/c1-6-8-10-12-14-16-18-20-22-24-25-27-29-31-33-35-37-39-42-52-44-46(45-54-56(50,51)53-43-41-48(3,4)5)55-47(49)40-38-36-34-32-30-28-26-23-21-19-17-15-13-11-9-7-2/h14,16-17,19-20,22-23,26,46H,6-13,15,18,21,24-25,27-45H2,1-5H3/b16-14-,19-17-,22-20-,26-23-. The van der Waals surface area contributed by atoms with Crippen LogP contribution in [0.4, 0.5) is 0 Å². The van der Waals surface area contributed by atoms with Gasteiger partial charge in [-0.1, -0.05) is 152 Å². The monoisotopic (exact) mass is 810 g/mol. The number of phosphoric acid groups is 1. The Morgan fingerprint density at radius 3 is 1.48 bits per heavy atom. The van der Waals surface area contributed by atoms with Crippen molar-refractivity contribution in [2.24, 2.45) is 0 Å². The summed E-state index contributed by atoms with van der Waals surface area (Å²) in [7, 11) is 1.34. The zero-order valence-electron chi connectivity index (χ0n) is 37.1. The Bertz CT molecular complexity index is 1040. The molecule has 328 valence electrons. The number of carbonyl (C=O) groups is 1. The van der Waals surface area contributed by atoms with Gasteiger partial charge in [0.1, 0.15) is 19.3 Å². The summed E-state index contributed by atoms with van der Waals surface area (Å²) >= 11 is 0. The highest BCUT2D eigenvalue weighted by molar-refractivity contribution is 7.45. The number of ether oxygens (including phenoxy) is 2. The van der Waals surface area contributed by atoms with E-state index < -0.39 is 13.9 Å². The summed E-state index contributed by atoms with van der Waals surface area (Å²) in [5, 5.41) is 0. The summed E-state index contributed by atoms with van der Waals surface area (Å²) in [5.74, 6) is -0.350. The average Bonchev–Trinajstić information content (AvgIpc) is 3.15. The minimum Gasteiger partial charge on any atom is -0.756 e. The molecule has 2 atom stereocenters. The second-order valence-electron chi connectivity index (χ2n) is 16.4. The number of likely N-dealkylation sites (N-methyl/N-ethyl adjacent to an activating group) is 1. The second kappa shape index (κ2) is 40.2. The van der Waals surface area contributed by atoms with Crippen molar-refractivity contribution in [3.63, 3.8) is 0 Å². The molecule has 2 unspecified atom stereocenters. The van der Waals surface area contributed by atoms with Crippen LogP contribution in [0.5, 0.6) is 0 Å². The van der Waals surface area contributed by atoms with Gasteiger partial charge >= 0.3 is 5.97 Å². The first-order chi connectivity index (χ1) is 27.1. The molecular weight excluding hydrogens is 721 g/mol. The molecule has 0 spiro atoms. The van der Waals surface area contributed by atoms with Crippen molar-refractivity contribution < 1.29 is 37.3 Å². The Kier molecular flexibility index (Phi) is 39.1. The van der Waals surface area contributed by atoms with Gasteiger partial charge in [0, 0.05) is 13.0 Å². The lowest BCUT2D eigenvalue weighted by molar-refractivity contribution is -0.870. The number of hydrogen-bond acceptors (Lipinski definition) is 7. The topological polar surface area (TPSA) is 94.1 Å². The molecule has 0 aromatic rings. The van der Waals surface area contributed by atoms with Gasteiger partial charge in [-0.15, -0.1) is 0 Å². The van der Waals surface area contributed by atoms with E-state index in [1.165, 1.54) is 103 Å². The molecule has 0 heterocycles. The molecule has 0 aliphatic rings. The van der Waals surface area contributed by atoms with Crippen LogP contribution in [-0.2, 0) is 27.9 Å². The van der Waals surface area contributed by atoms with Gasteiger partial charge in [-0.3, -0.25) is 9.36 Å². The van der Waals surface area contributed by atoms with E-state index >= 15 is 0 Å². The quantitative estimate of drug-likeness (QED) is 0.0199. The Morgan fingerprint density at radius 2 is 0.982 bits per heavy atom. The van der Waals surface area contributed by atoms with Gasteiger partial charge in [0.05, 0.1) is 34.4 Å². The van der Waals surface area contributed by atoms with E-state index in [1.54, 1.807) is 0 Å². The summed E-state index contributed by atoms with van der Waals surface area (Å²) in [5.41, 5.74) is 0. The first-order valence-electron chi connectivity index (χ1n) is 22.9. The SMILES string of the molecule is CCCCC/C=C\C/C=C\CCCCCCCCCCOCC(COP(=O)([O-])OCC[N+](C)(C)C)OC(=O)CCCCCCC/C=C\C/C=C\CCCCCC. The van der Waals surface area contributed by atoms with Gasteiger partial charge in [-0.2, -0.15) is 0 Å². The number of unbranched alkanes of at least 4 members (excludes halogenated alkanes) is 20. The van der Waals surface area contributed by atoms with Gasteiger partial charge < -0.3 is 27.9 Å². The third kappa shape index (κ3) is 43.6. The van der Waals surface area contributed by atoms with E-state index in [1.807, 2.05) is 21.1 Å². The molecule has 8 nitrogen and oxygen atoms in total. The third-order valence-electron chi connectivity index (χ3n) is 9.60. The predicted molar refractivity (Wildman–Crippen MR) is 236 cm³/mol. The van der Waals surface area contributed by atoms with Crippen molar-refractivity contribution >= 4 is 13.8 Å². The first-order valence-corrected chi connectivity index (χ1v) is 24.3. The normalized spacial score (nSPS) is 14.2. The lowest BCUT2D eigenvalue weighted by Crippen LogP contribution is -2.37. The van der Waals surface area contributed by atoms with Crippen LogP contribution < -0.4 is 4.89 Å². The van der Waals surface area contributed by atoms with Crippen molar-refractivity contribution in [1.29, 1.82) is 0 Å². The summed E-state index contributed by atoms with van der Waals surface area (Å²) < 4.78 is 34.6. The Morgan fingerprint density at radius 1 is 0.554 bits per heavy atom. The van der Waals surface area contributed by atoms with Crippen LogP contribution in [0.2, 0.25) is 0 Å². The minimum atomic E-state index is -4.53. The number of phosphoric ester groups is 1. The van der Waals surface area contributed by atoms with Crippen LogP contribution >= 0.6 is 7.82 Å². The van der Waals surface area contributed by atoms with Crippen molar-refractivity contribution in [1.82, 2.24) is 0 Å². The van der Waals surface area contributed by atoms with E-state index in [-0.39, 0.29) is 25.8 Å². The number of hydrogen-bond donors (Lipinski definition) is 0. The van der Waals surface area contributed by atoms with Gasteiger partial charge in [0.2, 0.25) is 0 Å². The number of quaternary nitrogens is 1. The molecule has 56 heavy (non-hydrogen) atoms. The second-order valence-corrected chi connectivity index (χ2v) is 17.8. The maximum atomic E-state index is 12.7. The maximum Gasteiger partial charge on any atom is 0.306 e. The molecule has 9 heteroatoms. The fourth-order valence-corrected chi connectivity index (χ4v) is 6.75. The number of rotatable bonds is 42. The maximum absolute atomic E-state index is 12.7. The van der Waals surface area contributed by atoms with Crippen molar-refractivity contribution in [2.45, 2.75) is 193 Å². The molecule has 0 saturated heterocycles. The summed E-state index contributed by atoms with van der Waals surface area (Å²) in [6.45, 7) is 5.34. The van der Waals surface area contributed by atoms with E-state index in [0.717, 1.165) is 64.2 Å². The molecule has 0 aliphatic heterocycles. The highest BCUT2D eigenvalue weighted by Crippen LogP contribution is 2.38. The zero-order chi connectivity index (χ0) is 41.3. The highest BCUT2D eigenvalue weighted by Gasteiger charge is 2.20. The van der Waals surface area contributed by atoms with Crippen molar-refractivity contribution in [3.05, 3.63) is 48.6 Å². The van der Waals surface area contributed by atoms with Gasteiger partial charge in [-0.05, 0) is 77.0 Å². The third-order valence-corrected chi connectivity index (χ3v) is 10.6. The van der Waals surface area contributed by atoms with E-state index in [2.05, 4.69) is 62.5 Å². The molecular formula is C47H88NO7P. The van der Waals surface area contributed by atoms with E-state index in [9.17, 15) is 14.3 Å². The summed E-state index contributed by atoms with van der Waals surface area (Å²) in [6.07, 6.45) is 48.3. The highest BCUT2D eigenvalue weighted by atomic mass is 31.2. The van der Waals surface area contributed by atoms with Crippen LogP contribution in [0.15, 0.2) is 48.6 Å². The molecule has 0 aromatic heterocycles. The fraction of sp³-hybridized carbons (Fsp3) is 0.809. The van der Waals surface area contributed by atoms with E-state index in [0.29, 0.717) is 24.1 Å². The van der Waals surface area contributed by atoms with Crippen LogP contribution in [0.1, 0.15) is 187 Å². The van der Waals surface area contributed by atoms with Gasteiger partial charge in [0.15, 0.2) is 0 Å². The number of allylic oxidation sites excluding steroid dienone is 8.